The number of ether oxygens (including phenoxy) is 1. The molecule has 0 bridgehead atoms. The Morgan fingerprint density at radius 1 is 1.40 bits per heavy atom. The summed E-state index contributed by atoms with van der Waals surface area (Å²) in [5.41, 5.74) is 1.09. The average Bonchev–Trinajstić information content (AvgIpc) is 2.49. The number of carbonyl (C=O) groups is 2. The molecule has 0 aliphatic carbocycles. The summed E-state index contributed by atoms with van der Waals surface area (Å²) in [7, 11) is 1.30. The zero-order chi connectivity index (χ0) is 14.7. The van der Waals surface area contributed by atoms with E-state index < -0.39 is 12.1 Å². The maximum atomic E-state index is 12.3. The lowest BCUT2D eigenvalue weighted by molar-refractivity contribution is -0.155. The molecule has 1 fully saturated rings. The quantitative estimate of drug-likeness (QED) is 0.857. The summed E-state index contributed by atoms with van der Waals surface area (Å²) in [5, 5.41) is 2.60. The Balaban J connectivity index is 2.10. The van der Waals surface area contributed by atoms with E-state index in [4.69, 9.17) is 0 Å². The molecule has 1 aromatic carbocycles. The van der Waals surface area contributed by atoms with Crippen LogP contribution in [0.1, 0.15) is 31.9 Å². The van der Waals surface area contributed by atoms with Gasteiger partial charge in [-0.1, -0.05) is 37.3 Å². The van der Waals surface area contributed by atoms with Gasteiger partial charge in [-0.3, -0.25) is 4.79 Å². The molecule has 108 valence electrons. The second-order valence-corrected chi connectivity index (χ2v) is 4.92. The molecule has 5 nitrogen and oxygen atoms in total. The van der Waals surface area contributed by atoms with E-state index in [1.807, 2.05) is 49.1 Å². The lowest BCUT2D eigenvalue weighted by Crippen LogP contribution is -2.70. The summed E-state index contributed by atoms with van der Waals surface area (Å²) >= 11 is 0. The van der Waals surface area contributed by atoms with Crippen molar-refractivity contribution in [3.63, 3.8) is 0 Å². The molecule has 1 saturated heterocycles. The van der Waals surface area contributed by atoms with Gasteiger partial charge in [-0.25, -0.2) is 4.79 Å². The number of carbonyl (C=O) groups excluding carboxylic acids is 2. The van der Waals surface area contributed by atoms with Gasteiger partial charge in [0.1, 0.15) is 6.04 Å². The van der Waals surface area contributed by atoms with Crippen LogP contribution in [0, 0.1) is 0 Å². The highest BCUT2D eigenvalue weighted by molar-refractivity contribution is 5.92. The molecular formula is C15H20N2O3. The van der Waals surface area contributed by atoms with Gasteiger partial charge in [-0.15, -0.1) is 0 Å². The molecule has 5 heteroatoms. The summed E-state index contributed by atoms with van der Waals surface area (Å²) in [4.78, 5) is 25.3. The van der Waals surface area contributed by atoms with Gasteiger partial charge in [0.25, 0.3) is 0 Å². The van der Waals surface area contributed by atoms with Crippen LogP contribution in [0.4, 0.5) is 4.79 Å². The largest absolute Gasteiger partial charge is 0.453 e. The van der Waals surface area contributed by atoms with Crippen molar-refractivity contribution in [1.82, 2.24) is 10.2 Å². The molecular weight excluding hydrogens is 256 g/mol. The predicted octanol–water partition coefficient (Wildman–Crippen LogP) is 2.09. The number of β-lactam (4-membered cyclic amide) rings is 1. The van der Waals surface area contributed by atoms with Gasteiger partial charge in [0.2, 0.25) is 5.91 Å². The Labute approximate surface area is 118 Å². The minimum Gasteiger partial charge on any atom is -0.453 e. The summed E-state index contributed by atoms with van der Waals surface area (Å²) in [6.45, 7) is 4.01. The minimum absolute atomic E-state index is 0.00402. The fraction of sp³-hybridized carbons (Fsp3) is 0.467. The molecule has 1 aliphatic heterocycles. The van der Waals surface area contributed by atoms with E-state index in [9.17, 15) is 9.59 Å². The number of benzene rings is 1. The van der Waals surface area contributed by atoms with Gasteiger partial charge < -0.3 is 15.0 Å². The van der Waals surface area contributed by atoms with Crippen molar-refractivity contribution in [1.29, 1.82) is 0 Å². The smallest absolute Gasteiger partial charge is 0.407 e. The first-order valence-electron chi connectivity index (χ1n) is 6.81. The van der Waals surface area contributed by atoms with Crippen LogP contribution in [0.3, 0.4) is 0 Å². The van der Waals surface area contributed by atoms with E-state index in [0.717, 1.165) is 12.0 Å². The van der Waals surface area contributed by atoms with Crippen molar-refractivity contribution < 1.29 is 14.3 Å². The first-order chi connectivity index (χ1) is 9.60. The SMILES string of the molecule is CCC1C(NC(=O)OC)C(=O)N1C(C)c1ccccc1. The normalized spacial score (nSPS) is 22.9. The molecule has 0 spiro atoms. The van der Waals surface area contributed by atoms with E-state index in [-0.39, 0.29) is 18.0 Å². The topological polar surface area (TPSA) is 58.6 Å². The first kappa shape index (κ1) is 14.4. The number of methoxy groups -OCH3 is 1. The predicted molar refractivity (Wildman–Crippen MR) is 75.1 cm³/mol. The molecule has 2 amide bonds. The zero-order valence-electron chi connectivity index (χ0n) is 12.0. The highest BCUT2D eigenvalue weighted by atomic mass is 16.5. The second kappa shape index (κ2) is 5.94. The molecule has 2 rings (SSSR count). The van der Waals surface area contributed by atoms with Crippen molar-refractivity contribution in [2.75, 3.05) is 7.11 Å². The molecule has 1 N–H and O–H groups in total. The monoisotopic (exact) mass is 276 g/mol. The van der Waals surface area contributed by atoms with Crippen LogP contribution in [0.2, 0.25) is 0 Å². The number of hydrogen-bond donors (Lipinski definition) is 1. The molecule has 3 atom stereocenters. The number of alkyl carbamates (subject to hydrolysis) is 1. The van der Waals surface area contributed by atoms with Gasteiger partial charge in [-0.05, 0) is 18.9 Å². The maximum Gasteiger partial charge on any atom is 0.407 e. The van der Waals surface area contributed by atoms with Crippen molar-refractivity contribution in [3.05, 3.63) is 35.9 Å². The van der Waals surface area contributed by atoms with Gasteiger partial charge in [0.05, 0.1) is 19.2 Å². The van der Waals surface area contributed by atoms with Crippen molar-refractivity contribution in [2.24, 2.45) is 0 Å². The number of hydrogen-bond acceptors (Lipinski definition) is 3. The third-order valence-corrected chi connectivity index (χ3v) is 3.84. The summed E-state index contributed by atoms with van der Waals surface area (Å²) < 4.78 is 4.56. The lowest BCUT2D eigenvalue weighted by Gasteiger charge is -2.50. The van der Waals surface area contributed by atoms with Gasteiger partial charge in [0.15, 0.2) is 0 Å². The Hall–Kier alpha value is -2.04. The molecule has 0 aromatic heterocycles. The first-order valence-corrected chi connectivity index (χ1v) is 6.81. The number of rotatable bonds is 4. The second-order valence-electron chi connectivity index (χ2n) is 4.92. The molecule has 0 saturated carbocycles. The van der Waals surface area contributed by atoms with E-state index in [1.54, 1.807) is 0 Å². The highest BCUT2D eigenvalue weighted by Crippen LogP contribution is 2.33. The third-order valence-electron chi connectivity index (χ3n) is 3.84. The van der Waals surface area contributed by atoms with Crippen molar-refractivity contribution in [2.45, 2.75) is 38.4 Å². The molecule has 1 aliphatic rings. The average molecular weight is 276 g/mol. The molecule has 1 heterocycles. The number of likely N-dealkylation sites (tertiary alicyclic amines) is 1. The van der Waals surface area contributed by atoms with Crippen LogP contribution in [-0.2, 0) is 9.53 Å². The highest BCUT2D eigenvalue weighted by Gasteiger charge is 2.49. The van der Waals surface area contributed by atoms with Crippen molar-refractivity contribution >= 4 is 12.0 Å². The van der Waals surface area contributed by atoms with Crippen LogP contribution >= 0.6 is 0 Å². The van der Waals surface area contributed by atoms with Gasteiger partial charge in [-0.2, -0.15) is 0 Å². The molecule has 1 aromatic rings. The maximum absolute atomic E-state index is 12.3. The zero-order valence-corrected chi connectivity index (χ0v) is 12.0. The Morgan fingerprint density at radius 2 is 2.05 bits per heavy atom. The van der Waals surface area contributed by atoms with E-state index in [0.29, 0.717) is 0 Å². The van der Waals surface area contributed by atoms with E-state index >= 15 is 0 Å². The Bertz CT molecular complexity index is 489. The van der Waals surface area contributed by atoms with Crippen LogP contribution in [0.5, 0.6) is 0 Å². The Morgan fingerprint density at radius 3 is 2.60 bits per heavy atom. The molecule has 20 heavy (non-hydrogen) atoms. The van der Waals surface area contributed by atoms with Crippen LogP contribution in [0.25, 0.3) is 0 Å². The summed E-state index contributed by atoms with van der Waals surface area (Å²) in [5.74, 6) is -0.0568. The fourth-order valence-electron chi connectivity index (χ4n) is 2.71. The molecule has 0 radical (unpaired) electrons. The summed E-state index contributed by atoms with van der Waals surface area (Å²) in [6.07, 6.45) is 0.228. The number of nitrogens with zero attached hydrogens (tertiary/aromatic N) is 1. The van der Waals surface area contributed by atoms with Gasteiger partial charge in [0, 0.05) is 0 Å². The third kappa shape index (κ3) is 2.48. The molecule has 3 unspecified atom stereocenters. The Kier molecular flexibility index (Phi) is 4.27. The van der Waals surface area contributed by atoms with Gasteiger partial charge >= 0.3 is 6.09 Å². The lowest BCUT2D eigenvalue weighted by atomic mass is 9.89. The fourth-order valence-corrected chi connectivity index (χ4v) is 2.71. The van der Waals surface area contributed by atoms with Crippen molar-refractivity contribution in [3.8, 4) is 0 Å². The summed E-state index contributed by atoms with van der Waals surface area (Å²) in [6, 6.07) is 9.42. The minimum atomic E-state index is -0.561. The number of amides is 2. The van der Waals surface area contributed by atoms with Crippen LogP contribution < -0.4 is 5.32 Å². The van der Waals surface area contributed by atoms with E-state index in [1.165, 1.54) is 7.11 Å². The van der Waals surface area contributed by atoms with E-state index in [2.05, 4.69) is 10.1 Å². The number of nitrogens with one attached hydrogen (secondary N) is 1. The standard InChI is InChI=1S/C15H20N2O3/c1-4-12-13(16-15(19)20-3)14(18)17(12)10(2)11-8-6-5-7-9-11/h5-10,12-13H,4H2,1-3H3,(H,16,19). The van der Waals surface area contributed by atoms with Crippen LogP contribution in [0.15, 0.2) is 30.3 Å². The van der Waals surface area contributed by atoms with Crippen LogP contribution in [-0.4, -0.2) is 36.1 Å².